The number of nitrogens with two attached hydrogens (primary N) is 1. The summed E-state index contributed by atoms with van der Waals surface area (Å²) in [5.41, 5.74) is 5.15. The van der Waals surface area contributed by atoms with Crippen LogP contribution in [0.5, 0.6) is 0 Å². The topological polar surface area (TPSA) is 49.5 Å². The predicted octanol–water partition coefficient (Wildman–Crippen LogP) is 2.48. The minimum absolute atomic E-state index is 0.132. The van der Waals surface area contributed by atoms with Crippen molar-refractivity contribution in [3.05, 3.63) is 0 Å². The molecule has 0 aromatic carbocycles. The first-order valence-electron chi connectivity index (χ1n) is 7.29. The van der Waals surface area contributed by atoms with Gasteiger partial charge in [0.1, 0.15) is 5.72 Å². The number of unbranched alkanes of at least 4 members (excludes halogenated alkanes) is 1. The number of nitrogens with zero attached hydrogens (tertiary/aromatic N) is 1. The monoisotopic (exact) mass is 242 g/mol. The summed E-state index contributed by atoms with van der Waals surface area (Å²) in [5.74, 6) is 0. The Hall–Kier alpha value is -0.120. The van der Waals surface area contributed by atoms with Gasteiger partial charge in [-0.1, -0.05) is 39.0 Å². The van der Waals surface area contributed by atoms with Crippen molar-refractivity contribution < 1.29 is 5.11 Å². The average Bonchev–Trinajstić information content (AvgIpc) is 2.36. The fourth-order valence-electron chi connectivity index (χ4n) is 2.86. The molecule has 1 fully saturated rings. The highest BCUT2D eigenvalue weighted by molar-refractivity contribution is 4.88. The van der Waals surface area contributed by atoms with Crippen LogP contribution < -0.4 is 5.73 Å². The van der Waals surface area contributed by atoms with E-state index in [-0.39, 0.29) is 6.04 Å². The molecule has 0 radical (unpaired) electrons. The number of hydrogen-bond acceptors (Lipinski definition) is 3. The largest absolute Gasteiger partial charge is 0.374 e. The van der Waals surface area contributed by atoms with Crippen molar-refractivity contribution in [2.24, 2.45) is 5.73 Å². The first-order valence-corrected chi connectivity index (χ1v) is 7.29. The highest BCUT2D eigenvalue weighted by Gasteiger charge is 2.34. The van der Waals surface area contributed by atoms with Crippen LogP contribution in [-0.2, 0) is 0 Å². The van der Waals surface area contributed by atoms with E-state index >= 15 is 0 Å². The lowest BCUT2D eigenvalue weighted by molar-refractivity contribution is -0.0465. The maximum atomic E-state index is 10.5. The molecule has 2 unspecified atom stereocenters. The molecular formula is C14H30N2O. The van der Waals surface area contributed by atoms with E-state index in [1.165, 1.54) is 38.5 Å². The van der Waals surface area contributed by atoms with Gasteiger partial charge in [0.2, 0.25) is 0 Å². The third-order valence-electron chi connectivity index (χ3n) is 4.03. The molecule has 3 N–H and O–H groups in total. The average molecular weight is 242 g/mol. The quantitative estimate of drug-likeness (QED) is 0.745. The summed E-state index contributed by atoms with van der Waals surface area (Å²) in [4.78, 5) is 2.27. The lowest BCUT2D eigenvalue weighted by atomic mass is 9.94. The van der Waals surface area contributed by atoms with Crippen LogP contribution in [0.2, 0.25) is 0 Å². The third-order valence-corrected chi connectivity index (χ3v) is 4.03. The van der Waals surface area contributed by atoms with Crippen LogP contribution in [0.4, 0.5) is 0 Å². The van der Waals surface area contributed by atoms with E-state index in [1.54, 1.807) is 0 Å². The molecule has 0 spiro atoms. The molecule has 102 valence electrons. The zero-order valence-corrected chi connectivity index (χ0v) is 11.6. The molecule has 1 aliphatic rings. The van der Waals surface area contributed by atoms with Gasteiger partial charge in [-0.3, -0.25) is 4.90 Å². The lowest BCUT2D eigenvalue weighted by Crippen LogP contribution is -2.57. The number of rotatable bonds is 4. The molecule has 0 heterocycles. The van der Waals surface area contributed by atoms with Crippen molar-refractivity contribution in [1.29, 1.82) is 0 Å². The van der Waals surface area contributed by atoms with Gasteiger partial charge < -0.3 is 10.8 Å². The van der Waals surface area contributed by atoms with Gasteiger partial charge in [-0.05, 0) is 39.3 Å². The molecular weight excluding hydrogens is 212 g/mol. The van der Waals surface area contributed by atoms with Gasteiger partial charge in [0, 0.05) is 0 Å². The highest BCUT2D eigenvalue weighted by Crippen LogP contribution is 2.25. The Morgan fingerprint density at radius 1 is 1.24 bits per heavy atom. The number of aliphatic hydroxyl groups is 1. The lowest BCUT2D eigenvalue weighted by Gasteiger charge is -2.39. The maximum Gasteiger partial charge on any atom is 0.129 e. The summed E-state index contributed by atoms with van der Waals surface area (Å²) in [7, 11) is 2.11. The molecule has 0 saturated heterocycles. The van der Waals surface area contributed by atoms with E-state index in [4.69, 9.17) is 5.73 Å². The van der Waals surface area contributed by atoms with Crippen LogP contribution >= 0.6 is 0 Å². The van der Waals surface area contributed by atoms with Gasteiger partial charge in [0.25, 0.3) is 0 Å². The molecule has 2 atom stereocenters. The molecule has 3 nitrogen and oxygen atoms in total. The predicted molar refractivity (Wildman–Crippen MR) is 72.8 cm³/mol. The standard InChI is InChI=1S/C14H30N2O/c1-3-4-12-16(2)13-10-8-6-5-7-9-11-14(13,15)17/h13,17H,3-12,15H2,1-2H3. The van der Waals surface area contributed by atoms with Crippen LogP contribution in [0, 0.1) is 0 Å². The molecule has 1 aliphatic carbocycles. The normalized spacial score (nSPS) is 31.9. The fourth-order valence-corrected chi connectivity index (χ4v) is 2.86. The molecule has 3 heteroatoms. The molecule has 0 amide bonds. The van der Waals surface area contributed by atoms with Crippen molar-refractivity contribution in [2.75, 3.05) is 13.6 Å². The Morgan fingerprint density at radius 2 is 1.88 bits per heavy atom. The Labute approximate surface area is 106 Å². The van der Waals surface area contributed by atoms with Crippen molar-refractivity contribution >= 4 is 0 Å². The molecule has 0 bridgehead atoms. The van der Waals surface area contributed by atoms with E-state index in [0.717, 1.165) is 25.8 Å². The smallest absolute Gasteiger partial charge is 0.129 e. The first kappa shape index (κ1) is 14.9. The summed E-state index contributed by atoms with van der Waals surface area (Å²) in [5, 5.41) is 10.5. The van der Waals surface area contributed by atoms with Gasteiger partial charge in [-0.15, -0.1) is 0 Å². The van der Waals surface area contributed by atoms with Crippen molar-refractivity contribution in [2.45, 2.75) is 76.5 Å². The first-order chi connectivity index (χ1) is 8.08. The second kappa shape index (κ2) is 7.34. The van der Waals surface area contributed by atoms with E-state index in [2.05, 4.69) is 18.9 Å². The second-order valence-electron chi connectivity index (χ2n) is 5.65. The van der Waals surface area contributed by atoms with Gasteiger partial charge in [0.05, 0.1) is 6.04 Å². The van der Waals surface area contributed by atoms with Crippen molar-refractivity contribution in [3.8, 4) is 0 Å². The molecule has 0 aromatic heterocycles. The van der Waals surface area contributed by atoms with Crippen molar-refractivity contribution in [1.82, 2.24) is 4.90 Å². The van der Waals surface area contributed by atoms with Gasteiger partial charge in [0.15, 0.2) is 0 Å². The van der Waals surface area contributed by atoms with Crippen LogP contribution in [0.25, 0.3) is 0 Å². The summed E-state index contributed by atoms with van der Waals surface area (Å²) in [6, 6.07) is 0.132. The minimum Gasteiger partial charge on any atom is -0.374 e. The summed E-state index contributed by atoms with van der Waals surface area (Å²) < 4.78 is 0. The second-order valence-corrected chi connectivity index (χ2v) is 5.65. The molecule has 1 rings (SSSR count). The molecule has 17 heavy (non-hydrogen) atoms. The van der Waals surface area contributed by atoms with Crippen molar-refractivity contribution in [3.63, 3.8) is 0 Å². The van der Waals surface area contributed by atoms with E-state index in [1.807, 2.05) is 0 Å². The zero-order valence-electron chi connectivity index (χ0n) is 11.6. The van der Waals surface area contributed by atoms with E-state index in [9.17, 15) is 5.11 Å². The van der Waals surface area contributed by atoms with Crippen LogP contribution in [-0.4, -0.2) is 35.4 Å². The Balaban J connectivity index is 2.60. The third kappa shape index (κ3) is 4.94. The summed E-state index contributed by atoms with van der Waals surface area (Å²) in [6.45, 7) is 3.24. The fraction of sp³-hybridized carbons (Fsp3) is 1.00. The van der Waals surface area contributed by atoms with Gasteiger partial charge >= 0.3 is 0 Å². The summed E-state index contributed by atoms with van der Waals surface area (Å²) >= 11 is 0. The van der Waals surface area contributed by atoms with E-state index < -0.39 is 5.72 Å². The SMILES string of the molecule is CCCCN(C)C1CCCCCCCC1(N)O. The number of hydrogen-bond donors (Lipinski definition) is 2. The molecule has 1 saturated carbocycles. The molecule has 0 aromatic rings. The van der Waals surface area contributed by atoms with Gasteiger partial charge in [-0.25, -0.2) is 0 Å². The minimum atomic E-state index is -0.993. The Morgan fingerprint density at radius 3 is 2.59 bits per heavy atom. The molecule has 0 aliphatic heterocycles. The van der Waals surface area contributed by atoms with Crippen LogP contribution in [0.1, 0.15) is 64.7 Å². The maximum absolute atomic E-state index is 10.5. The number of likely N-dealkylation sites (N-methyl/N-ethyl adjacent to an activating group) is 1. The Kier molecular flexibility index (Phi) is 6.45. The van der Waals surface area contributed by atoms with Crippen LogP contribution in [0.3, 0.4) is 0 Å². The van der Waals surface area contributed by atoms with Gasteiger partial charge in [-0.2, -0.15) is 0 Å². The van der Waals surface area contributed by atoms with Crippen LogP contribution in [0.15, 0.2) is 0 Å². The van der Waals surface area contributed by atoms with E-state index in [0.29, 0.717) is 0 Å². The highest BCUT2D eigenvalue weighted by atomic mass is 16.3. The summed E-state index contributed by atoms with van der Waals surface area (Å²) in [6.07, 6.45) is 10.2. The zero-order chi connectivity index (χ0) is 12.7. The Bertz CT molecular complexity index is 206.